The molecule has 1 aromatic rings. The van der Waals surface area contributed by atoms with Crippen LogP contribution < -0.4 is 5.32 Å². The molecule has 112 valence electrons. The van der Waals surface area contributed by atoms with Crippen LogP contribution in [0.25, 0.3) is 0 Å². The van der Waals surface area contributed by atoms with Gasteiger partial charge in [0, 0.05) is 12.1 Å². The van der Waals surface area contributed by atoms with E-state index in [4.69, 9.17) is 9.84 Å². The number of ether oxygens (including phenoxy) is 1. The number of hydrogen-bond donors (Lipinski definition) is 2. The standard InChI is InChI=1S/C16H19NO4/c18-15(19)14-8-6-12(7-9-14)10-17-16(20)21-11-13-4-2-1-3-5-13/h1-5,8,12H,6-7,9-11H2,(H,17,20)(H,18,19). The van der Waals surface area contributed by atoms with Crippen molar-refractivity contribution in [3.63, 3.8) is 0 Å². The number of carboxylic acids is 1. The molecule has 0 fully saturated rings. The summed E-state index contributed by atoms with van der Waals surface area (Å²) in [6.45, 7) is 0.761. The highest BCUT2D eigenvalue weighted by molar-refractivity contribution is 5.86. The molecule has 0 aliphatic heterocycles. The van der Waals surface area contributed by atoms with Crippen molar-refractivity contribution in [1.82, 2.24) is 5.32 Å². The number of carbonyl (C=O) groups is 2. The average molecular weight is 289 g/mol. The molecular weight excluding hydrogens is 270 g/mol. The van der Waals surface area contributed by atoms with Crippen molar-refractivity contribution >= 4 is 12.1 Å². The fourth-order valence-corrected chi connectivity index (χ4v) is 2.27. The Balaban J connectivity index is 1.67. The minimum atomic E-state index is -0.844. The van der Waals surface area contributed by atoms with E-state index >= 15 is 0 Å². The van der Waals surface area contributed by atoms with Gasteiger partial charge in [0.15, 0.2) is 0 Å². The number of rotatable bonds is 5. The highest BCUT2D eigenvalue weighted by Crippen LogP contribution is 2.23. The Bertz CT molecular complexity index is 524. The van der Waals surface area contributed by atoms with Crippen LogP contribution in [0.15, 0.2) is 42.0 Å². The van der Waals surface area contributed by atoms with E-state index in [9.17, 15) is 9.59 Å². The molecule has 1 unspecified atom stereocenters. The first-order chi connectivity index (χ1) is 10.1. The summed E-state index contributed by atoms with van der Waals surface area (Å²) >= 11 is 0. The second-order valence-electron chi connectivity index (χ2n) is 5.12. The monoisotopic (exact) mass is 289 g/mol. The van der Waals surface area contributed by atoms with Crippen molar-refractivity contribution in [2.24, 2.45) is 5.92 Å². The molecule has 1 aliphatic rings. The van der Waals surface area contributed by atoms with E-state index in [1.54, 1.807) is 6.08 Å². The third kappa shape index (κ3) is 4.95. The highest BCUT2D eigenvalue weighted by Gasteiger charge is 2.18. The number of allylic oxidation sites excluding steroid dienone is 1. The topological polar surface area (TPSA) is 75.6 Å². The first-order valence-corrected chi connectivity index (χ1v) is 7.02. The number of hydrogen-bond acceptors (Lipinski definition) is 3. The summed E-state index contributed by atoms with van der Waals surface area (Å²) in [6, 6.07) is 9.49. The van der Waals surface area contributed by atoms with Crippen LogP contribution in [-0.2, 0) is 16.1 Å². The highest BCUT2D eigenvalue weighted by atomic mass is 16.5. The smallest absolute Gasteiger partial charge is 0.407 e. The second kappa shape index (κ2) is 7.47. The molecule has 2 N–H and O–H groups in total. The maximum absolute atomic E-state index is 11.6. The molecule has 2 rings (SSSR count). The van der Waals surface area contributed by atoms with Gasteiger partial charge in [-0.05, 0) is 30.7 Å². The molecule has 0 spiro atoms. The van der Waals surface area contributed by atoms with Crippen LogP contribution >= 0.6 is 0 Å². The lowest BCUT2D eigenvalue weighted by molar-refractivity contribution is -0.132. The minimum Gasteiger partial charge on any atom is -0.478 e. The van der Waals surface area contributed by atoms with Gasteiger partial charge in [0.1, 0.15) is 6.61 Å². The summed E-state index contributed by atoms with van der Waals surface area (Å²) in [7, 11) is 0. The van der Waals surface area contributed by atoms with Crippen LogP contribution in [-0.4, -0.2) is 23.7 Å². The van der Waals surface area contributed by atoms with Gasteiger partial charge >= 0.3 is 12.1 Å². The molecule has 1 aliphatic carbocycles. The summed E-state index contributed by atoms with van der Waals surface area (Å²) in [6.07, 6.45) is 3.32. The quantitative estimate of drug-likeness (QED) is 0.874. The lowest BCUT2D eigenvalue weighted by Gasteiger charge is -2.20. The Morgan fingerprint density at radius 1 is 1.29 bits per heavy atom. The van der Waals surface area contributed by atoms with Gasteiger partial charge < -0.3 is 15.2 Å². The molecule has 0 saturated carbocycles. The predicted molar refractivity (Wildman–Crippen MR) is 77.7 cm³/mol. The number of nitrogens with one attached hydrogen (secondary N) is 1. The van der Waals surface area contributed by atoms with Gasteiger partial charge in [-0.1, -0.05) is 36.4 Å². The minimum absolute atomic E-state index is 0.250. The van der Waals surface area contributed by atoms with Crippen LogP contribution in [0.4, 0.5) is 4.79 Å². The molecule has 1 amide bonds. The Hall–Kier alpha value is -2.30. The summed E-state index contributed by atoms with van der Waals surface area (Å²) < 4.78 is 5.12. The lowest BCUT2D eigenvalue weighted by Crippen LogP contribution is -2.30. The van der Waals surface area contributed by atoms with Gasteiger partial charge in [-0.25, -0.2) is 9.59 Å². The van der Waals surface area contributed by atoms with Crippen molar-refractivity contribution < 1.29 is 19.4 Å². The number of benzene rings is 1. The van der Waals surface area contributed by atoms with E-state index in [0.717, 1.165) is 12.0 Å². The van der Waals surface area contributed by atoms with Crippen molar-refractivity contribution in [1.29, 1.82) is 0 Å². The Labute approximate surface area is 123 Å². The maximum Gasteiger partial charge on any atom is 0.407 e. The summed E-state index contributed by atoms with van der Waals surface area (Å²) in [5.41, 5.74) is 1.41. The van der Waals surface area contributed by atoms with Crippen LogP contribution in [0.1, 0.15) is 24.8 Å². The number of amides is 1. The fourth-order valence-electron chi connectivity index (χ4n) is 2.27. The summed E-state index contributed by atoms with van der Waals surface area (Å²) in [4.78, 5) is 22.4. The zero-order valence-corrected chi connectivity index (χ0v) is 11.7. The van der Waals surface area contributed by atoms with Gasteiger partial charge in [0.25, 0.3) is 0 Å². The van der Waals surface area contributed by atoms with Gasteiger partial charge in [0.2, 0.25) is 0 Å². The maximum atomic E-state index is 11.6. The lowest BCUT2D eigenvalue weighted by atomic mass is 9.89. The number of carbonyl (C=O) groups excluding carboxylic acids is 1. The summed E-state index contributed by atoms with van der Waals surface area (Å²) in [5.74, 6) is -0.568. The SMILES string of the molecule is O=C(NCC1CC=C(C(=O)O)CC1)OCc1ccccc1. The molecule has 0 bridgehead atoms. The van der Waals surface area contributed by atoms with E-state index in [2.05, 4.69) is 5.32 Å². The molecule has 0 radical (unpaired) electrons. The van der Waals surface area contributed by atoms with E-state index in [0.29, 0.717) is 25.0 Å². The van der Waals surface area contributed by atoms with E-state index in [1.165, 1.54) is 0 Å². The molecule has 5 nitrogen and oxygen atoms in total. The van der Waals surface area contributed by atoms with Crippen LogP contribution in [0.2, 0.25) is 0 Å². The third-order valence-electron chi connectivity index (χ3n) is 3.54. The predicted octanol–water partition coefficient (Wildman–Crippen LogP) is 2.72. The van der Waals surface area contributed by atoms with Gasteiger partial charge in [-0.3, -0.25) is 0 Å². The number of alkyl carbamates (subject to hydrolysis) is 1. The van der Waals surface area contributed by atoms with E-state index in [-0.39, 0.29) is 12.5 Å². The average Bonchev–Trinajstić information content (AvgIpc) is 2.52. The molecule has 5 heteroatoms. The number of carboxylic acid groups (broad SMARTS) is 1. The van der Waals surface area contributed by atoms with Crippen molar-refractivity contribution in [2.45, 2.75) is 25.9 Å². The first kappa shape index (κ1) is 15.1. The normalized spacial score (nSPS) is 17.7. The van der Waals surface area contributed by atoms with Crippen LogP contribution in [0.3, 0.4) is 0 Å². The molecule has 0 saturated heterocycles. The van der Waals surface area contributed by atoms with Gasteiger partial charge in [-0.15, -0.1) is 0 Å². The van der Waals surface area contributed by atoms with Gasteiger partial charge in [0.05, 0.1) is 0 Å². The first-order valence-electron chi connectivity index (χ1n) is 7.02. The molecule has 21 heavy (non-hydrogen) atoms. The molecule has 1 aromatic carbocycles. The second-order valence-corrected chi connectivity index (χ2v) is 5.12. The van der Waals surface area contributed by atoms with Crippen molar-refractivity contribution in [2.75, 3.05) is 6.54 Å². The van der Waals surface area contributed by atoms with Crippen LogP contribution in [0, 0.1) is 5.92 Å². The van der Waals surface area contributed by atoms with E-state index < -0.39 is 12.1 Å². The number of aliphatic carboxylic acids is 1. The molecular formula is C16H19NO4. The van der Waals surface area contributed by atoms with Crippen LogP contribution in [0.5, 0.6) is 0 Å². The molecule has 0 aromatic heterocycles. The third-order valence-corrected chi connectivity index (χ3v) is 3.54. The largest absolute Gasteiger partial charge is 0.478 e. The fraction of sp³-hybridized carbons (Fsp3) is 0.375. The summed E-state index contributed by atoms with van der Waals surface area (Å²) in [5, 5.41) is 11.6. The molecule has 1 atom stereocenters. The Kier molecular flexibility index (Phi) is 5.37. The van der Waals surface area contributed by atoms with Crippen molar-refractivity contribution in [3.8, 4) is 0 Å². The zero-order chi connectivity index (χ0) is 15.1. The zero-order valence-electron chi connectivity index (χ0n) is 11.7. The Morgan fingerprint density at radius 2 is 2.05 bits per heavy atom. The molecule has 0 heterocycles. The van der Waals surface area contributed by atoms with Crippen molar-refractivity contribution in [3.05, 3.63) is 47.5 Å². The van der Waals surface area contributed by atoms with Gasteiger partial charge in [-0.2, -0.15) is 0 Å². The van der Waals surface area contributed by atoms with E-state index in [1.807, 2.05) is 30.3 Å². The Morgan fingerprint density at radius 3 is 2.67 bits per heavy atom.